The lowest BCUT2D eigenvalue weighted by molar-refractivity contribution is 0.0222. The molecule has 2 unspecified atom stereocenters. The molecule has 0 radical (unpaired) electrons. The molecule has 0 saturated carbocycles. The molecule has 0 aliphatic rings. The average Bonchev–Trinajstić information content (AvgIpc) is 2.05. The third-order valence-corrected chi connectivity index (χ3v) is 1.69. The van der Waals surface area contributed by atoms with E-state index in [1.807, 2.05) is 13.8 Å². The first-order chi connectivity index (χ1) is 5.72. The summed E-state index contributed by atoms with van der Waals surface area (Å²) in [4.78, 5) is 0. The van der Waals surface area contributed by atoms with Gasteiger partial charge in [-0.3, -0.25) is 0 Å². The normalized spacial score (nSPS) is 16.0. The molecule has 0 amide bonds. The number of rotatable bonds is 7. The molecule has 0 aromatic rings. The summed E-state index contributed by atoms with van der Waals surface area (Å²) in [6.07, 6.45) is 1.13. The van der Waals surface area contributed by atoms with E-state index in [1.165, 1.54) is 0 Å². The van der Waals surface area contributed by atoms with Crippen LogP contribution in [-0.4, -0.2) is 32.0 Å². The highest BCUT2D eigenvalue weighted by atomic mass is 16.5. The predicted octanol–water partition coefficient (Wildman–Crippen LogP) is 1.17. The molecule has 3 heteroatoms. The third-order valence-electron chi connectivity index (χ3n) is 1.69. The van der Waals surface area contributed by atoms with Crippen LogP contribution in [0.25, 0.3) is 0 Å². The van der Waals surface area contributed by atoms with Crippen molar-refractivity contribution in [2.45, 2.75) is 39.3 Å². The minimum absolute atomic E-state index is 0.00324. The molecule has 0 rings (SSSR count). The van der Waals surface area contributed by atoms with Crippen LogP contribution >= 0.6 is 0 Å². The first kappa shape index (κ1) is 11.9. The van der Waals surface area contributed by atoms with E-state index >= 15 is 0 Å². The van der Waals surface area contributed by atoms with Gasteiger partial charge in [0.15, 0.2) is 0 Å². The van der Waals surface area contributed by atoms with Gasteiger partial charge in [-0.05, 0) is 20.3 Å². The Hall–Kier alpha value is -0.120. The molecule has 74 valence electrons. The van der Waals surface area contributed by atoms with Gasteiger partial charge in [-0.2, -0.15) is 0 Å². The van der Waals surface area contributed by atoms with Crippen LogP contribution in [0.15, 0.2) is 0 Å². The predicted molar refractivity (Wildman–Crippen MR) is 50.2 cm³/mol. The SMILES string of the molecule is CCCOCC(N)C(C)OCC. The lowest BCUT2D eigenvalue weighted by Gasteiger charge is -2.19. The molecule has 2 N–H and O–H groups in total. The summed E-state index contributed by atoms with van der Waals surface area (Å²) in [5, 5.41) is 0. The molecular weight excluding hydrogens is 154 g/mol. The summed E-state index contributed by atoms with van der Waals surface area (Å²) in [7, 11) is 0. The molecule has 0 aromatic heterocycles. The largest absolute Gasteiger partial charge is 0.380 e. The fourth-order valence-corrected chi connectivity index (χ4v) is 0.886. The zero-order valence-electron chi connectivity index (χ0n) is 8.38. The van der Waals surface area contributed by atoms with Crippen molar-refractivity contribution in [3.05, 3.63) is 0 Å². The second-order valence-electron chi connectivity index (χ2n) is 2.90. The first-order valence-corrected chi connectivity index (χ1v) is 4.67. The molecule has 0 fully saturated rings. The standard InChI is InChI=1S/C9H21NO2/c1-4-6-11-7-9(10)8(3)12-5-2/h8-9H,4-7,10H2,1-3H3. The van der Waals surface area contributed by atoms with E-state index in [9.17, 15) is 0 Å². The van der Waals surface area contributed by atoms with Gasteiger partial charge in [-0.25, -0.2) is 0 Å². The zero-order chi connectivity index (χ0) is 9.40. The third kappa shape index (κ3) is 5.52. The molecule has 0 heterocycles. The van der Waals surface area contributed by atoms with Crippen molar-refractivity contribution in [3.8, 4) is 0 Å². The second-order valence-corrected chi connectivity index (χ2v) is 2.90. The van der Waals surface area contributed by atoms with Gasteiger partial charge in [0.1, 0.15) is 0 Å². The Morgan fingerprint density at radius 1 is 1.33 bits per heavy atom. The van der Waals surface area contributed by atoms with E-state index in [4.69, 9.17) is 15.2 Å². The van der Waals surface area contributed by atoms with E-state index in [-0.39, 0.29) is 12.1 Å². The van der Waals surface area contributed by atoms with Crippen molar-refractivity contribution >= 4 is 0 Å². The average molecular weight is 175 g/mol. The second kappa shape index (κ2) is 7.53. The van der Waals surface area contributed by atoms with E-state index in [2.05, 4.69) is 6.92 Å². The Morgan fingerprint density at radius 3 is 2.50 bits per heavy atom. The first-order valence-electron chi connectivity index (χ1n) is 4.67. The number of hydrogen-bond acceptors (Lipinski definition) is 3. The molecule has 3 nitrogen and oxygen atoms in total. The van der Waals surface area contributed by atoms with Gasteiger partial charge >= 0.3 is 0 Å². The summed E-state index contributed by atoms with van der Waals surface area (Å²) in [6.45, 7) is 8.11. The van der Waals surface area contributed by atoms with Crippen LogP contribution in [0.2, 0.25) is 0 Å². The summed E-state index contributed by atoms with van der Waals surface area (Å²) in [6, 6.07) is -0.00324. The van der Waals surface area contributed by atoms with Crippen LogP contribution in [0.1, 0.15) is 27.2 Å². The highest BCUT2D eigenvalue weighted by Gasteiger charge is 2.11. The lowest BCUT2D eigenvalue weighted by atomic mass is 10.2. The highest BCUT2D eigenvalue weighted by molar-refractivity contribution is 4.67. The zero-order valence-corrected chi connectivity index (χ0v) is 8.38. The monoisotopic (exact) mass is 175 g/mol. The highest BCUT2D eigenvalue weighted by Crippen LogP contribution is 1.97. The van der Waals surface area contributed by atoms with Crippen LogP contribution in [0, 0.1) is 0 Å². The Balaban J connectivity index is 3.35. The molecule has 0 aromatic carbocycles. The molecule has 2 atom stereocenters. The smallest absolute Gasteiger partial charge is 0.0720 e. The molecule has 0 saturated heterocycles. The van der Waals surface area contributed by atoms with Crippen molar-refractivity contribution in [2.24, 2.45) is 5.73 Å². The van der Waals surface area contributed by atoms with E-state index in [0.717, 1.165) is 13.0 Å². The maximum Gasteiger partial charge on any atom is 0.0720 e. The Morgan fingerprint density at radius 2 is 2.00 bits per heavy atom. The summed E-state index contributed by atoms with van der Waals surface area (Å²) in [5.74, 6) is 0. The van der Waals surface area contributed by atoms with Gasteiger partial charge in [-0.1, -0.05) is 6.92 Å². The Labute approximate surface area is 75.2 Å². The van der Waals surface area contributed by atoms with Crippen LogP contribution in [0.3, 0.4) is 0 Å². The van der Waals surface area contributed by atoms with Gasteiger partial charge in [-0.15, -0.1) is 0 Å². The van der Waals surface area contributed by atoms with Gasteiger partial charge in [0.05, 0.1) is 18.8 Å². The van der Waals surface area contributed by atoms with Crippen LogP contribution < -0.4 is 5.73 Å². The summed E-state index contributed by atoms with van der Waals surface area (Å²) >= 11 is 0. The van der Waals surface area contributed by atoms with Crippen molar-refractivity contribution < 1.29 is 9.47 Å². The van der Waals surface area contributed by atoms with Gasteiger partial charge in [0.25, 0.3) is 0 Å². The Kier molecular flexibility index (Phi) is 7.45. The van der Waals surface area contributed by atoms with Crippen LogP contribution in [0.4, 0.5) is 0 Å². The number of hydrogen-bond donors (Lipinski definition) is 1. The van der Waals surface area contributed by atoms with E-state index in [0.29, 0.717) is 13.2 Å². The van der Waals surface area contributed by atoms with E-state index in [1.54, 1.807) is 0 Å². The van der Waals surface area contributed by atoms with Crippen molar-refractivity contribution in [1.29, 1.82) is 0 Å². The van der Waals surface area contributed by atoms with Gasteiger partial charge in [0, 0.05) is 13.2 Å². The number of nitrogens with two attached hydrogens (primary N) is 1. The maximum absolute atomic E-state index is 5.79. The van der Waals surface area contributed by atoms with Crippen LogP contribution in [0.5, 0.6) is 0 Å². The molecule has 0 aliphatic carbocycles. The summed E-state index contributed by atoms with van der Waals surface area (Å²) in [5.41, 5.74) is 5.79. The Bertz CT molecular complexity index is 98.5. The molecule has 12 heavy (non-hydrogen) atoms. The fourth-order valence-electron chi connectivity index (χ4n) is 0.886. The van der Waals surface area contributed by atoms with Crippen LogP contribution in [-0.2, 0) is 9.47 Å². The fraction of sp³-hybridized carbons (Fsp3) is 1.00. The van der Waals surface area contributed by atoms with Crippen molar-refractivity contribution in [3.63, 3.8) is 0 Å². The lowest BCUT2D eigenvalue weighted by Crippen LogP contribution is -2.38. The molecule has 0 spiro atoms. The minimum Gasteiger partial charge on any atom is -0.380 e. The van der Waals surface area contributed by atoms with Crippen molar-refractivity contribution in [2.75, 3.05) is 19.8 Å². The minimum atomic E-state index is -0.00324. The number of ether oxygens (including phenoxy) is 2. The topological polar surface area (TPSA) is 44.5 Å². The van der Waals surface area contributed by atoms with Gasteiger partial charge in [0.2, 0.25) is 0 Å². The molecule has 0 bridgehead atoms. The van der Waals surface area contributed by atoms with Crippen molar-refractivity contribution in [1.82, 2.24) is 0 Å². The van der Waals surface area contributed by atoms with Gasteiger partial charge < -0.3 is 15.2 Å². The molecule has 0 aliphatic heterocycles. The maximum atomic E-state index is 5.79. The quantitative estimate of drug-likeness (QED) is 0.591. The molecular formula is C9H21NO2. The summed E-state index contributed by atoms with van der Waals surface area (Å²) < 4.78 is 10.6. The van der Waals surface area contributed by atoms with E-state index < -0.39 is 0 Å².